The first-order valence-electron chi connectivity index (χ1n) is 8.08. The lowest BCUT2D eigenvalue weighted by molar-refractivity contribution is 0.195. The van der Waals surface area contributed by atoms with Crippen LogP contribution in [0.1, 0.15) is 48.1 Å². The Morgan fingerprint density at radius 3 is 2.82 bits per heavy atom. The average molecular weight is 319 g/mol. The Kier molecular flexibility index (Phi) is 4.96. The Hall–Kier alpha value is -1.17. The summed E-state index contributed by atoms with van der Waals surface area (Å²) in [6.07, 6.45) is 4.25. The number of aryl methyl sites for hydroxylation is 1. The number of aliphatic hydroxyl groups excluding tert-OH is 1. The van der Waals surface area contributed by atoms with E-state index in [1.807, 2.05) is 17.5 Å². The second-order valence-corrected chi connectivity index (χ2v) is 7.32. The van der Waals surface area contributed by atoms with Gasteiger partial charge in [-0.2, -0.15) is 0 Å². The van der Waals surface area contributed by atoms with Crippen molar-refractivity contribution in [2.75, 3.05) is 19.7 Å². The fraction of sp³-hybridized carbons (Fsp3) is 0.588. The third-order valence-corrected chi connectivity index (χ3v) is 5.49. The van der Waals surface area contributed by atoms with E-state index in [0.29, 0.717) is 5.92 Å². The van der Waals surface area contributed by atoms with Gasteiger partial charge >= 0.3 is 0 Å². The van der Waals surface area contributed by atoms with E-state index in [-0.39, 0.29) is 12.6 Å². The Morgan fingerprint density at radius 2 is 2.18 bits per heavy atom. The highest BCUT2D eigenvalue weighted by Gasteiger charge is 2.26. The zero-order chi connectivity index (χ0) is 15.5. The van der Waals surface area contributed by atoms with Crippen LogP contribution in [0.3, 0.4) is 0 Å². The molecule has 1 unspecified atom stereocenters. The molecule has 0 amide bonds. The van der Waals surface area contributed by atoms with Gasteiger partial charge in [-0.25, -0.2) is 4.98 Å². The number of rotatable bonds is 5. The SMILES string of the molecule is Cc1cnc(C2CCN(Cc3cccs3)CC2)n1C(C)CO. The Morgan fingerprint density at radius 1 is 1.41 bits per heavy atom. The molecule has 1 atom stereocenters. The highest BCUT2D eigenvalue weighted by molar-refractivity contribution is 7.09. The highest BCUT2D eigenvalue weighted by atomic mass is 32.1. The van der Waals surface area contributed by atoms with E-state index < -0.39 is 0 Å². The van der Waals surface area contributed by atoms with Crippen LogP contribution in [0.4, 0.5) is 0 Å². The number of likely N-dealkylation sites (tertiary alicyclic amines) is 1. The molecule has 0 saturated carbocycles. The topological polar surface area (TPSA) is 41.3 Å². The Labute approximate surface area is 136 Å². The molecule has 1 aliphatic rings. The van der Waals surface area contributed by atoms with Gasteiger partial charge in [0.1, 0.15) is 5.82 Å². The second kappa shape index (κ2) is 6.94. The van der Waals surface area contributed by atoms with Crippen molar-refractivity contribution in [1.29, 1.82) is 0 Å². The van der Waals surface area contributed by atoms with Gasteiger partial charge in [0.25, 0.3) is 0 Å². The molecule has 120 valence electrons. The number of imidazole rings is 1. The average Bonchev–Trinajstić information content (AvgIpc) is 3.17. The first-order valence-corrected chi connectivity index (χ1v) is 8.96. The standard InChI is InChI=1S/C17H25N3OS/c1-13-10-18-17(20(13)14(2)12-21)15-5-7-19(8-6-15)11-16-4-3-9-22-16/h3-4,9-10,14-15,21H,5-8,11-12H2,1-2H3. The summed E-state index contributed by atoms with van der Waals surface area (Å²) >= 11 is 1.84. The van der Waals surface area contributed by atoms with Gasteiger partial charge in [-0.1, -0.05) is 6.07 Å². The molecule has 1 N–H and O–H groups in total. The maximum Gasteiger partial charge on any atom is 0.112 e. The monoisotopic (exact) mass is 319 g/mol. The second-order valence-electron chi connectivity index (χ2n) is 6.29. The lowest BCUT2D eigenvalue weighted by atomic mass is 9.95. The van der Waals surface area contributed by atoms with E-state index in [1.54, 1.807) is 0 Å². The van der Waals surface area contributed by atoms with Crippen LogP contribution in [0.15, 0.2) is 23.7 Å². The number of aliphatic hydroxyl groups is 1. The molecule has 2 aromatic heterocycles. The minimum atomic E-state index is 0.113. The van der Waals surface area contributed by atoms with Gasteiger partial charge < -0.3 is 9.67 Å². The molecule has 0 aromatic carbocycles. The normalized spacial score (nSPS) is 18.7. The molecule has 2 aromatic rings. The van der Waals surface area contributed by atoms with Crippen molar-refractivity contribution in [1.82, 2.24) is 14.5 Å². The van der Waals surface area contributed by atoms with Crippen molar-refractivity contribution in [2.24, 2.45) is 0 Å². The minimum Gasteiger partial charge on any atom is -0.394 e. The first kappa shape index (κ1) is 15.7. The van der Waals surface area contributed by atoms with Crippen LogP contribution in [0.5, 0.6) is 0 Å². The summed E-state index contributed by atoms with van der Waals surface area (Å²) in [4.78, 5) is 8.63. The molecule has 22 heavy (non-hydrogen) atoms. The van der Waals surface area contributed by atoms with Crippen LogP contribution >= 0.6 is 11.3 Å². The summed E-state index contributed by atoms with van der Waals surface area (Å²) in [6.45, 7) is 7.63. The molecular weight excluding hydrogens is 294 g/mol. The third-order valence-electron chi connectivity index (χ3n) is 4.63. The molecule has 3 rings (SSSR count). The summed E-state index contributed by atoms with van der Waals surface area (Å²) in [6, 6.07) is 4.46. The summed E-state index contributed by atoms with van der Waals surface area (Å²) in [7, 11) is 0. The summed E-state index contributed by atoms with van der Waals surface area (Å²) in [5, 5.41) is 11.6. The molecule has 0 radical (unpaired) electrons. The van der Waals surface area contributed by atoms with Gasteiger partial charge in [-0.05, 0) is 51.2 Å². The van der Waals surface area contributed by atoms with E-state index in [1.165, 1.54) is 4.88 Å². The van der Waals surface area contributed by atoms with Gasteiger partial charge in [0, 0.05) is 29.2 Å². The largest absolute Gasteiger partial charge is 0.394 e. The molecular formula is C17H25N3OS. The maximum absolute atomic E-state index is 9.48. The van der Waals surface area contributed by atoms with Crippen LogP contribution in [-0.4, -0.2) is 39.3 Å². The zero-order valence-corrected chi connectivity index (χ0v) is 14.2. The number of hydrogen-bond donors (Lipinski definition) is 1. The highest BCUT2D eigenvalue weighted by Crippen LogP contribution is 2.30. The molecule has 3 heterocycles. The van der Waals surface area contributed by atoms with Gasteiger partial charge in [-0.15, -0.1) is 11.3 Å². The van der Waals surface area contributed by atoms with Crippen LogP contribution in [0, 0.1) is 6.92 Å². The Bertz CT molecular complexity index is 585. The van der Waals surface area contributed by atoms with E-state index in [9.17, 15) is 5.11 Å². The van der Waals surface area contributed by atoms with Gasteiger partial charge in [0.15, 0.2) is 0 Å². The lowest BCUT2D eigenvalue weighted by Crippen LogP contribution is -2.33. The summed E-state index contributed by atoms with van der Waals surface area (Å²) < 4.78 is 2.22. The molecule has 1 fully saturated rings. The smallest absolute Gasteiger partial charge is 0.112 e. The molecule has 0 spiro atoms. The number of piperidine rings is 1. The Balaban J connectivity index is 1.64. The summed E-state index contributed by atoms with van der Waals surface area (Å²) in [5.74, 6) is 1.68. The third kappa shape index (κ3) is 3.26. The van der Waals surface area contributed by atoms with Crippen molar-refractivity contribution >= 4 is 11.3 Å². The number of aromatic nitrogens is 2. The van der Waals surface area contributed by atoms with Crippen molar-refractivity contribution in [3.8, 4) is 0 Å². The lowest BCUT2D eigenvalue weighted by Gasteiger charge is -2.32. The van der Waals surface area contributed by atoms with E-state index in [0.717, 1.165) is 44.0 Å². The summed E-state index contributed by atoms with van der Waals surface area (Å²) in [5.41, 5.74) is 1.15. The first-order chi connectivity index (χ1) is 10.7. The van der Waals surface area contributed by atoms with Crippen molar-refractivity contribution in [2.45, 2.75) is 45.2 Å². The van der Waals surface area contributed by atoms with Gasteiger partial charge in [0.2, 0.25) is 0 Å². The number of nitrogens with zero attached hydrogens (tertiary/aromatic N) is 3. The molecule has 1 aliphatic heterocycles. The van der Waals surface area contributed by atoms with E-state index in [2.05, 4.69) is 45.8 Å². The molecule has 0 aliphatic carbocycles. The molecule has 0 bridgehead atoms. The predicted octanol–water partition coefficient (Wildman–Crippen LogP) is 3.19. The zero-order valence-electron chi connectivity index (χ0n) is 13.4. The van der Waals surface area contributed by atoms with E-state index in [4.69, 9.17) is 0 Å². The van der Waals surface area contributed by atoms with E-state index >= 15 is 0 Å². The van der Waals surface area contributed by atoms with Gasteiger partial charge in [-0.3, -0.25) is 4.90 Å². The van der Waals surface area contributed by atoms with Gasteiger partial charge in [0.05, 0.1) is 12.6 Å². The van der Waals surface area contributed by atoms with Crippen molar-refractivity contribution in [3.63, 3.8) is 0 Å². The number of thiophene rings is 1. The van der Waals surface area contributed by atoms with Crippen LogP contribution in [0.2, 0.25) is 0 Å². The molecule has 5 heteroatoms. The minimum absolute atomic E-state index is 0.113. The fourth-order valence-corrected chi connectivity index (χ4v) is 4.14. The van der Waals surface area contributed by atoms with Crippen molar-refractivity contribution in [3.05, 3.63) is 40.1 Å². The number of hydrogen-bond acceptors (Lipinski definition) is 4. The maximum atomic E-state index is 9.48. The van der Waals surface area contributed by atoms with Crippen LogP contribution in [-0.2, 0) is 6.54 Å². The predicted molar refractivity (Wildman–Crippen MR) is 90.3 cm³/mol. The fourth-order valence-electron chi connectivity index (χ4n) is 3.39. The quantitative estimate of drug-likeness (QED) is 0.920. The van der Waals surface area contributed by atoms with Crippen molar-refractivity contribution < 1.29 is 5.11 Å². The molecule has 1 saturated heterocycles. The van der Waals surface area contributed by atoms with Crippen LogP contribution < -0.4 is 0 Å². The molecule has 4 nitrogen and oxygen atoms in total. The van der Waals surface area contributed by atoms with Crippen LogP contribution in [0.25, 0.3) is 0 Å².